The summed E-state index contributed by atoms with van der Waals surface area (Å²) < 4.78 is 0. The number of rotatable bonds is 6. The molecule has 1 fully saturated rings. The van der Waals surface area contributed by atoms with Crippen molar-refractivity contribution in [3.8, 4) is 0 Å². The van der Waals surface area contributed by atoms with Crippen LogP contribution in [0.4, 0.5) is 0 Å². The Balaban J connectivity index is 2.06. The Morgan fingerprint density at radius 2 is 1.74 bits per heavy atom. The minimum Gasteiger partial charge on any atom is -0.481 e. The molecule has 1 aliphatic heterocycles. The maximum Gasteiger partial charge on any atom is 0.311 e. The lowest BCUT2D eigenvalue weighted by Crippen LogP contribution is -2.40. The Morgan fingerprint density at radius 1 is 1.15 bits per heavy atom. The van der Waals surface area contributed by atoms with Gasteiger partial charge in [-0.2, -0.15) is 0 Å². The Hall–Kier alpha value is -2.37. The van der Waals surface area contributed by atoms with Crippen molar-refractivity contribution < 1.29 is 19.5 Å². The summed E-state index contributed by atoms with van der Waals surface area (Å²) in [6, 6.07) is 7.20. The summed E-state index contributed by atoms with van der Waals surface area (Å²) in [4.78, 5) is 39.8. The van der Waals surface area contributed by atoms with Gasteiger partial charge < -0.3 is 14.9 Å². The van der Waals surface area contributed by atoms with Crippen LogP contribution in [0.1, 0.15) is 50.0 Å². The second-order valence-electron chi connectivity index (χ2n) is 8.14. The number of carbonyl (C=O) groups excluding carboxylic acids is 2. The molecule has 0 radical (unpaired) electrons. The first kappa shape index (κ1) is 20.9. The van der Waals surface area contributed by atoms with Crippen LogP contribution in [-0.4, -0.2) is 52.8 Å². The van der Waals surface area contributed by atoms with Crippen molar-refractivity contribution >= 4 is 17.8 Å². The van der Waals surface area contributed by atoms with Crippen LogP contribution in [0.2, 0.25) is 0 Å². The fourth-order valence-electron chi connectivity index (χ4n) is 3.63. The maximum atomic E-state index is 12.8. The molecule has 6 heteroatoms. The van der Waals surface area contributed by atoms with Gasteiger partial charge in [0.25, 0.3) is 5.91 Å². The van der Waals surface area contributed by atoms with E-state index in [9.17, 15) is 19.5 Å². The lowest BCUT2D eigenvalue weighted by Gasteiger charge is -2.28. The number of carboxylic acids is 1. The van der Waals surface area contributed by atoms with E-state index in [2.05, 4.69) is 0 Å². The topological polar surface area (TPSA) is 77.9 Å². The zero-order valence-electron chi connectivity index (χ0n) is 16.9. The quantitative estimate of drug-likeness (QED) is 0.830. The fourth-order valence-corrected chi connectivity index (χ4v) is 3.63. The highest BCUT2D eigenvalue weighted by Crippen LogP contribution is 2.38. The van der Waals surface area contributed by atoms with Crippen molar-refractivity contribution in [2.45, 2.75) is 40.7 Å². The third-order valence-electron chi connectivity index (χ3n) is 5.61. The summed E-state index contributed by atoms with van der Waals surface area (Å²) >= 11 is 0. The van der Waals surface area contributed by atoms with Crippen molar-refractivity contribution in [1.82, 2.24) is 9.80 Å². The van der Waals surface area contributed by atoms with Gasteiger partial charge in [0.05, 0.1) is 5.41 Å². The van der Waals surface area contributed by atoms with Crippen LogP contribution < -0.4 is 0 Å². The normalized spacial score (nSPS) is 19.6. The van der Waals surface area contributed by atoms with E-state index in [0.29, 0.717) is 25.1 Å². The number of hydrogen-bond acceptors (Lipinski definition) is 3. The molecule has 1 heterocycles. The zero-order chi connectivity index (χ0) is 20.4. The van der Waals surface area contributed by atoms with Crippen molar-refractivity contribution in [2.24, 2.45) is 17.3 Å². The largest absolute Gasteiger partial charge is 0.481 e. The van der Waals surface area contributed by atoms with E-state index in [0.717, 1.165) is 5.56 Å². The first-order chi connectivity index (χ1) is 12.6. The Kier molecular flexibility index (Phi) is 6.29. The summed E-state index contributed by atoms with van der Waals surface area (Å²) in [5.74, 6) is -0.991. The number of hydrogen-bond donors (Lipinski definition) is 1. The van der Waals surface area contributed by atoms with E-state index in [-0.39, 0.29) is 30.2 Å². The molecule has 1 aromatic rings. The van der Waals surface area contributed by atoms with Crippen molar-refractivity contribution in [1.29, 1.82) is 0 Å². The SMILES string of the molecule is CC(C)C(=O)N(C)Cc1ccc(C(=O)N2CCC(C(=O)O)(C(C)C)C2)cc1. The van der Waals surface area contributed by atoms with Gasteiger partial charge in [0, 0.05) is 38.2 Å². The van der Waals surface area contributed by atoms with Crippen LogP contribution in [0, 0.1) is 17.3 Å². The summed E-state index contributed by atoms with van der Waals surface area (Å²) in [5, 5.41) is 9.64. The molecule has 0 spiro atoms. The second kappa shape index (κ2) is 8.11. The molecule has 1 unspecified atom stereocenters. The highest BCUT2D eigenvalue weighted by atomic mass is 16.4. The molecule has 2 amide bonds. The summed E-state index contributed by atoms with van der Waals surface area (Å²) in [6.45, 7) is 8.71. The van der Waals surface area contributed by atoms with Crippen LogP contribution in [0.15, 0.2) is 24.3 Å². The Labute approximate surface area is 161 Å². The van der Waals surface area contributed by atoms with Crippen molar-refractivity contribution in [3.63, 3.8) is 0 Å². The molecule has 27 heavy (non-hydrogen) atoms. The molecule has 6 nitrogen and oxygen atoms in total. The number of aliphatic carboxylic acids is 1. The Bertz CT molecular complexity index is 711. The molecule has 1 aromatic carbocycles. The third-order valence-corrected chi connectivity index (χ3v) is 5.61. The predicted molar refractivity (Wildman–Crippen MR) is 103 cm³/mol. The lowest BCUT2D eigenvalue weighted by atomic mass is 9.76. The van der Waals surface area contributed by atoms with Gasteiger partial charge in [0.15, 0.2) is 0 Å². The highest BCUT2D eigenvalue weighted by Gasteiger charge is 2.48. The maximum absolute atomic E-state index is 12.8. The first-order valence-corrected chi connectivity index (χ1v) is 9.45. The minimum atomic E-state index is -0.866. The van der Waals surface area contributed by atoms with Crippen molar-refractivity contribution in [3.05, 3.63) is 35.4 Å². The average molecular weight is 374 g/mol. The molecule has 0 saturated carbocycles. The number of amides is 2. The van der Waals surface area contributed by atoms with Crippen LogP contribution in [0.3, 0.4) is 0 Å². The standard InChI is InChI=1S/C21H30N2O4/c1-14(2)18(24)22(5)12-16-6-8-17(9-7-16)19(25)23-11-10-21(13-23,15(3)4)20(26)27/h6-9,14-15H,10-13H2,1-5H3,(H,26,27). The predicted octanol–water partition coefficient (Wildman–Crippen LogP) is 2.87. The molecule has 0 aliphatic carbocycles. The number of nitrogens with zero attached hydrogens (tertiary/aromatic N) is 2. The van der Waals surface area contributed by atoms with E-state index in [1.165, 1.54) is 0 Å². The first-order valence-electron chi connectivity index (χ1n) is 9.45. The number of benzene rings is 1. The van der Waals surface area contributed by atoms with Crippen molar-refractivity contribution in [2.75, 3.05) is 20.1 Å². The molecule has 1 atom stereocenters. The smallest absolute Gasteiger partial charge is 0.311 e. The lowest BCUT2D eigenvalue weighted by molar-refractivity contribution is -0.150. The van der Waals surface area contributed by atoms with Crippen LogP contribution in [-0.2, 0) is 16.1 Å². The van der Waals surface area contributed by atoms with Gasteiger partial charge in [-0.15, -0.1) is 0 Å². The Morgan fingerprint density at radius 3 is 2.19 bits per heavy atom. The van der Waals surface area contributed by atoms with Crippen LogP contribution in [0.5, 0.6) is 0 Å². The molecule has 1 aliphatic rings. The van der Waals surface area contributed by atoms with Gasteiger partial charge in [0.1, 0.15) is 0 Å². The second-order valence-corrected chi connectivity index (χ2v) is 8.14. The molecule has 1 saturated heterocycles. The summed E-state index contributed by atoms with van der Waals surface area (Å²) in [6.07, 6.45) is 0.478. The summed E-state index contributed by atoms with van der Waals surface area (Å²) in [7, 11) is 1.77. The van der Waals surface area contributed by atoms with Crippen LogP contribution >= 0.6 is 0 Å². The monoisotopic (exact) mass is 374 g/mol. The van der Waals surface area contributed by atoms with Gasteiger partial charge in [-0.3, -0.25) is 14.4 Å². The van der Waals surface area contributed by atoms with E-state index in [1.54, 1.807) is 29.0 Å². The van der Waals surface area contributed by atoms with Gasteiger partial charge in [0.2, 0.25) is 5.91 Å². The number of carboxylic acid groups (broad SMARTS) is 1. The molecule has 1 N–H and O–H groups in total. The molecule has 2 rings (SSSR count). The van der Waals surface area contributed by atoms with E-state index in [4.69, 9.17) is 0 Å². The molecular weight excluding hydrogens is 344 g/mol. The minimum absolute atomic E-state index is 0.0378. The van der Waals surface area contributed by atoms with Gasteiger partial charge in [-0.1, -0.05) is 39.8 Å². The number of likely N-dealkylation sites (tertiary alicyclic amines) is 1. The van der Waals surface area contributed by atoms with Gasteiger partial charge in [-0.05, 0) is 30.0 Å². The zero-order valence-corrected chi connectivity index (χ0v) is 16.9. The van der Waals surface area contributed by atoms with Gasteiger partial charge >= 0.3 is 5.97 Å². The van der Waals surface area contributed by atoms with Crippen LogP contribution in [0.25, 0.3) is 0 Å². The molecular formula is C21H30N2O4. The highest BCUT2D eigenvalue weighted by molar-refractivity contribution is 5.95. The van der Waals surface area contributed by atoms with E-state index in [1.807, 2.05) is 39.8 Å². The number of carbonyl (C=O) groups is 3. The average Bonchev–Trinajstić information content (AvgIpc) is 3.08. The molecule has 0 aromatic heterocycles. The van der Waals surface area contributed by atoms with E-state index >= 15 is 0 Å². The third kappa shape index (κ3) is 4.31. The fraction of sp³-hybridized carbons (Fsp3) is 0.571. The molecule has 0 bridgehead atoms. The summed E-state index contributed by atoms with van der Waals surface area (Å²) in [5.41, 5.74) is 0.628. The van der Waals surface area contributed by atoms with E-state index < -0.39 is 11.4 Å². The van der Waals surface area contributed by atoms with Gasteiger partial charge in [-0.25, -0.2) is 0 Å². The molecule has 148 valence electrons.